The first kappa shape index (κ1) is 25.9. The second-order valence-corrected chi connectivity index (χ2v) is 7.78. The van der Waals surface area contributed by atoms with Gasteiger partial charge >= 0.3 is 11.9 Å². The Balaban J connectivity index is 3.70. The molecule has 0 heterocycles. The van der Waals surface area contributed by atoms with Crippen LogP contribution in [0, 0.1) is 0 Å². The van der Waals surface area contributed by atoms with Gasteiger partial charge in [-0.25, -0.2) is 0 Å². The number of hydrogen-bond acceptors (Lipinski definition) is 4. The van der Waals surface area contributed by atoms with Crippen molar-refractivity contribution >= 4 is 11.9 Å². The molecule has 0 N–H and O–H groups in total. The average molecular weight is 385 g/mol. The van der Waals surface area contributed by atoms with Gasteiger partial charge in [0.25, 0.3) is 0 Å². The van der Waals surface area contributed by atoms with Crippen LogP contribution in [-0.4, -0.2) is 24.1 Å². The van der Waals surface area contributed by atoms with Crippen LogP contribution in [0.3, 0.4) is 0 Å². The summed E-state index contributed by atoms with van der Waals surface area (Å²) in [6, 6.07) is 0. The molecule has 4 nitrogen and oxygen atoms in total. The molecule has 4 heteroatoms. The van der Waals surface area contributed by atoms with Crippen molar-refractivity contribution < 1.29 is 19.1 Å². The molecule has 0 aliphatic heterocycles. The summed E-state index contributed by atoms with van der Waals surface area (Å²) in [6.45, 7) is 7.99. The number of ether oxygens (including phenoxy) is 2. The van der Waals surface area contributed by atoms with E-state index in [0.29, 0.717) is 12.8 Å². The predicted molar refractivity (Wildman–Crippen MR) is 112 cm³/mol. The largest absolute Gasteiger partial charge is 0.459 e. The van der Waals surface area contributed by atoms with E-state index in [2.05, 4.69) is 13.8 Å². The molecule has 0 aliphatic carbocycles. The highest BCUT2D eigenvalue weighted by atomic mass is 16.6. The van der Waals surface area contributed by atoms with Crippen molar-refractivity contribution in [3.05, 3.63) is 0 Å². The van der Waals surface area contributed by atoms with Gasteiger partial charge in [0.2, 0.25) is 0 Å². The second kappa shape index (κ2) is 18.3. The smallest absolute Gasteiger partial charge is 0.306 e. The first-order valence-corrected chi connectivity index (χ1v) is 11.4. The number of carbonyl (C=O) groups is 2. The maximum Gasteiger partial charge on any atom is 0.306 e. The van der Waals surface area contributed by atoms with Gasteiger partial charge < -0.3 is 9.47 Å². The molecule has 2 atom stereocenters. The zero-order chi connectivity index (χ0) is 20.3. The van der Waals surface area contributed by atoms with Gasteiger partial charge in [-0.1, -0.05) is 84.5 Å². The van der Waals surface area contributed by atoms with E-state index in [4.69, 9.17) is 9.47 Å². The molecule has 160 valence electrons. The quantitative estimate of drug-likeness (QED) is 0.194. The molecule has 0 bridgehead atoms. The number of hydrogen-bond donors (Lipinski definition) is 0. The van der Waals surface area contributed by atoms with E-state index in [1.54, 1.807) is 13.8 Å². The van der Waals surface area contributed by atoms with Crippen LogP contribution in [0.15, 0.2) is 0 Å². The zero-order valence-electron chi connectivity index (χ0n) is 18.4. The summed E-state index contributed by atoms with van der Waals surface area (Å²) < 4.78 is 10.8. The lowest BCUT2D eigenvalue weighted by atomic mass is 10.1. The van der Waals surface area contributed by atoms with Crippen molar-refractivity contribution in [1.29, 1.82) is 0 Å². The number of carbonyl (C=O) groups excluding carboxylic acids is 2. The van der Waals surface area contributed by atoms with Gasteiger partial charge in [-0.2, -0.15) is 0 Å². The minimum atomic E-state index is -0.393. The van der Waals surface area contributed by atoms with Gasteiger partial charge in [-0.3, -0.25) is 9.59 Å². The monoisotopic (exact) mass is 384 g/mol. The van der Waals surface area contributed by atoms with Gasteiger partial charge in [0.1, 0.15) is 12.2 Å². The third-order valence-electron chi connectivity index (χ3n) is 5.01. The Bertz CT molecular complexity index is 367. The molecule has 0 radical (unpaired) electrons. The third-order valence-corrected chi connectivity index (χ3v) is 5.01. The number of unbranched alkanes of at least 4 members (excludes halogenated alkanes) is 11. The molecule has 0 rings (SSSR count). The van der Waals surface area contributed by atoms with Gasteiger partial charge in [0.05, 0.1) is 0 Å². The van der Waals surface area contributed by atoms with E-state index < -0.39 is 12.2 Å². The lowest BCUT2D eigenvalue weighted by molar-refractivity contribution is -0.165. The Morgan fingerprint density at radius 2 is 0.852 bits per heavy atom. The summed E-state index contributed by atoms with van der Waals surface area (Å²) in [4.78, 5) is 23.8. The van der Waals surface area contributed by atoms with E-state index in [1.165, 1.54) is 57.8 Å². The first-order chi connectivity index (χ1) is 13.0. The zero-order valence-corrected chi connectivity index (χ0v) is 18.4. The Morgan fingerprint density at radius 3 is 1.19 bits per heavy atom. The van der Waals surface area contributed by atoms with E-state index in [1.807, 2.05) is 0 Å². The molecule has 2 unspecified atom stereocenters. The summed E-state index contributed by atoms with van der Waals surface area (Å²) in [5.41, 5.74) is 0. The average Bonchev–Trinajstić information content (AvgIpc) is 2.63. The fourth-order valence-electron chi connectivity index (χ4n) is 3.00. The predicted octanol–water partition coefficient (Wildman–Crippen LogP) is 6.74. The minimum Gasteiger partial charge on any atom is -0.459 e. The molecule has 0 aromatic heterocycles. The Hall–Kier alpha value is -1.06. The Labute approximate surface area is 167 Å². The van der Waals surface area contributed by atoms with E-state index in [-0.39, 0.29) is 11.9 Å². The van der Waals surface area contributed by atoms with Gasteiger partial charge in [-0.05, 0) is 26.7 Å². The molecule has 0 aromatic rings. The van der Waals surface area contributed by atoms with Gasteiger partial charge in [-0.15, -0.1) is 0 Å². The van der Waals surface area contributed by atoms with Crippen LogP contribution in [0.25, 0.3) is 0 Å². The van der Waals surface area contributed by atoms with E-state index >= 15 is 0 Å². The van der Waals surface area contributed by atoms with Crippen LogP contribution in [0.2, 0.25) is 0 Å². The Kier molecular flexibility index (Phi) is 17.6. The van der Waals surface area contributed by atoms with Crippen molar-refractivity contribution in [2.75, 3.05) is 0 Å². The van der Waals surface area contributed by atoms with Crippen molar-refractivity contribution in [3.63, 3.8) is 0 Å². The maximum absolute atomic E-state index is 11.9. The summed E-state index contributed by atoms with van der Waals surface area (Å²) in [6.07, 6.45) is 15.3. The fourth-order valence-corrected chi connectivity index (χ4v) is 3.00. The minimum absolute atomic E-state index is 0.184. The fraction of sp³-hybridized carbons (Fsp3) is 0.913. The lowest BCUT2D eigenvalue weighted by Crippen LogP contribution is -2.30. The lowest BCUT2D eigenvalue weighted by Gasteiger charge is -2.21. The normalized spacial score (nSPS) is 13.2. The number of esters is 2. The highest BCUT2D eigenvalue weighted by molar-refractivity contribution is 5.70. The topological polar surface area (TPSA) is 52.6 Å². The van der Waals surface area contributed by atoms with E-state index in [0.717, 1.165) is 25.7 Å². The Morgan fingerprint density at radius 1 is 0.556 bits per heavy atom. The molecule has 0 fully saturated rings. The van der Waals surface area contributed by atoms with Gasteiger partial charge in [0.15, 0.2) is 0 Å². The molecule has 0 aromatic carbocycles. The molecular weight excluding hydrogens is 340 g/mol. The highest BCUT2D eigenvalue weighted by Gasteiger charge is 2.20. The highest BCUT2D eigenvalue weighted by Crippen LogP contribution is 2.12. The second-order valence-electron chi connectivity index (χ2n) is 7.78. The summed E-state index contributed by atoms with van der Waals surface area (Å²) >= 11 is 0. The van der Waals surface area contributed by atoms with Crippen molar-refractivity contribution in [2.45, 2.75) is 136 Å². The van der Waals surface area contributed by atoms with Crippen molar-refractivity contribution in [3.8, 4) is 0 Å². The summed E-state index contributed by atoms with van der Waals surface area (Å²) in [5.74, 6) is -0.374. The van der Waals surface area contributed by atoms with Gasteiger partial charge in [0, 0.05) is 12.8 Å². The summed E-state index contributed by atoms with van der Waals surface area (Å²) in [7, 11) is 0. The van der Waals surface area contributed by atoms with Crippen LogP contribution >= 0.6 is 0 Å². The van der Waals surface area contributed by atoms with Crippen LogP contribution in [0.5, 0.6) is 0 Å². The molecule has 27 heavy (non-hydrogen) atoms. The maximum atomic E-state index is 11.9. The molecule has 0 saturated heterocycles. The molecular formula is C23H44O4. The van der Waals surface area contributed by atoms with Crippen LogP contribution in [-0.2, 0) is 19.1 Å². The van der Waals surface area contributed by atoms with Crippen LogP contribution in [0.4, 0.5) is 0 Å². The first-order valence-electron chi connectivity index (χ1n) is 11.4. The van der Waals surface area contributed by atoms with Crippen LogP contribution < -0.4 is 0 Å². The number of rotatable bonds is 18. The van der Waals surface area contributed by atoms with E-state index in [9.17, 15) is 9.59 Å². The molecule has 0 amide bonds. The third kappa shape index (κ3) is 16.8. The van der Waals surface area contributed by atoms with Crippen molar-refractivity contribution in [2.24, 2.45) is 0 Å². The standard InChI is InChI=1S/C23H44O4/c1-5-7-9-11-12-13-15-17-19-23(25)27-21(4)20(3)26-22(24)18-16-14-10-8-6-2/h20-21H,5-19H2,1-4H3. The molecule has 0 spiro atoms. The molecule has 0 aliphatic rings. The summed E-state index contributed by atoms with van der Waals surface area (Å²) in [5, 5.41) is 0. The van der Waals surface area contributed by atoms with Crippen molar-refractivity contribution in [1.82, 2.24) is 0 Å². The molecule has 0 saturated carbocycles. The van der Waals surface area contributed by atoms with Crippen LogP contribution in [0.1, 0.15) is 124 Å². The SMILES string of the molecule is CCCCCCCCCCC(=O)OC(C)C(C)OC(=O)CCCCCCC.